The summed E-state index contributed by atoms with van der Waals surface area (Å²) >= 11 is 1.36. The second-order valence-electron chi connectivity index (χ2n) is 6.28. The minimum Gasteiger partial charge on any atom is -0.372 e. The van der Waals surface area contributed by atoms with Crippen LogP contribution in [0.15, 0.2) is 41.8 Å². The monoisotopic (exact) mass is 393 g/mol. The quantitative estimate of drug-likeness (QED) is 0.785. The van der Waals surface area contributed by atoms with Crippen LogP contribution in [0.3, 0.4) is 0 Å². The smallest absolute Gasteiger partial charge is 0.261 e. The molecule has 6 nitrogen and oxygen atoms in total. The van der Waals surface area contributed by atoms with Crippen LogP contribution in [-0.4, -0.2) is 46.8 Å². The molecule has 1 aromatic heterocycles. The van der Waals surface area contributed by atoms with Crippen LogP contribution in [0.2, 0.25) is 0 Å². The molecule has 1 aliphatic rings. The number of hydrogen-bond acceptors (Lipinski definition) is 5. The lowest BCUT2D eigenvalue weighted by atomic mass is 10.2. The van der Waals surface area contributed by atoms with Gasteiger partial charge < -0.3 is 10.2 Å². The molecular formula is C18H23N3O3S2. The molecule has 0 saturated carbocycles. The van der Waals surface area contributed by atoms with Crippen molar-refractivity contribution in [2.75, 3.05) is 41.6 Å². The summed E-state index contributed by atoms with van der Waals surface area (Å²) in [7, 11) is -3.43. The molecule has 2 heterocycles. The average Bonchev–Trinajstić information content (AvgIpc) is 3.31. The highest BCUT2D eigenvalue weighted by Crippen LogP contribution is 2.25. The summed E-state index contributed by atoms with van der Waals surface area (Å²) in [5.74, 6) is -0.183. The van der Waals surface area contributed by atoms with Crippen LogP contribution in [0.5, 0.6) is 0 Å². The van der Waals surface area contributed by atoms with E-state index in [0.717, 1.165) is 18.8 Å². The molecule has 1 fully saturated rings. The maximum atomic E-state index is 12.2. The van der Waals surface area contributed by atoms with E-state index in [0.29, 0.717) is 10.6 Å². The molecule has 26 heavy (non-hydrogen) atoms. The molecule has 140 valence electrons. The fraction of sp³-hybridized carbons (Fsp3) is 0.389. The van der Waals surface area contributed by atoms with Crippen LogP contribution in [0.4, 0.5) is 11.4 Å². The summed E-state index contributed by atoms with van der Waals surface area (Å²) in [4.78, 5) is 14.9. The third-order valence-corrected chi connectivity index (χ3v) is 6.42. The van der Waals surface area contributed by atoms with Crippen LogP contribution in [-0.2, 0) is 10.0 Å². The van der Waals surface area contributed by atoms with E-state index in [9.17, 15) is 13.2 Å². The molecule has 0 radical (unpaired) electrons. The van der Waals surface area contributed by atoms with Crippen LogP contribution in [0, 0.1) is 0 Å². The number of nitrogens with one attached hydrogen (secondary N) is 1. The van der Waals surface area contributed by atoms with Crippen molar-refractivity contribution >= 4 is 38.6 Å². The van der Waals surface area contributed by atoms with Gasteiger partial charge in [-0.1, -0.05) is 6.07 Å². The minimum absolute atomic E-state index is 0.183. The van der Waals surface area contributed by atoms with E-state index in [1.165, 1.54) is 34.7 Å². The van der Waals surface area contributed by atoms with Gasteiger partial charge in [0.25, 0.3) is 5.91 Å². The van der Waals surface area contributed by atoms with Gasteiger partial charge in [-0.3, -0.25) is 9.10 Å². The molecule has 0 unspecified atom stereocenters. The first kappa shape index (κ1) is 18.7. The number of carbonyl (C=O) groups excluding carboxylic acids is 1. The predicted molar refractivity (Wildman–Crippen MR) is 107 cm³/mol. The van der Waals surface area contributed by atoms with Gasteiger partial charge in [-0.15, -0.1) is 11.3 Å². The van der Waals surface area contributed by atoms with Crippen LogP contribution in [0.1, 0.15) is 22.5 Å². The molecule has 2 aromatic rings. The van der Waals surface area contributed by atoms with E-state index in [-0.39, 0.29) is 19.0 Å². The lowest BCUT2D eigenvalue weighted by Crippen LogP contribution is -2.38. The third kappa shape index (κ3) is 4.56. The number of amides is 1. The Morgan fingerprint density at radius 2 is 1.88 bits per heavy atom. The van der Waals surface area contributed by atoms with E-state index in [1.54, 1.807) is 6.07 Å². The number of nitrogens with zero attached hydrogens (tertiary/aromatic N) is 2. The highest BCUT2D eigenvalue weighted by molar-refractivity contribution is 7.92. The standard InChI is InChI=1S/C18H23N3O3S2/c1-26(23,24)21(13-10-19-18(22)17-5-4-14-25-17)16-8-6-15(7-9-16)20-11-2-3-12-20/h4-9,14H,2-3,10-13H2,1H3,(H,19,22). The SMILES string of the molecule is CS(=O)(=O)N(CCNC(=O)c1cccs1)c1ccc(N2CCCC2)cc1. The number of benzene rings is 1. The molecule has 1 aliphatic heterocycles. The van der Waals surface area contributed by atoms with Crippen molar-refractivity contribution in [3.05, 3.63) is 46.7 Å². The Balaban J connectivity index is 1.65. The lowest BCUT2D eigenvalue weighted by Gasteiger charge is -2.24. The molecule has 3 rings (SSSR count). The molecule has 0 bridgehead atoms. The number of sulfonamides is 1. The predicted octanol–water partition coefficient (Wildman–Crippen LogP) is 2.54. The average molecular weight is 394 g/mol. The first-order valence-corrected chi connectivity index (χ1v) is 11.3. The summed E-state index contributed by atoms with van der Waals surface area (Å²) in [6, 6.07) is 11.1. The second-order valence-corrected chi connectivity index (χ2v) is 9.13. The second kappa shape index (κ2) is 8.09. The van der Waals surface area contributed by atoms with Gasteiger partial charge in [-0.05, 0) is 48.6 Å². The zero-order chi connectivity index (χ0) is 18.6. The number of thiophene rings is 1. The van der Waals surface area contributed by atoms with Gasteiger partial charge in [0.1, 0.15) is 0 Å². The summed E-state index contributed by atoms with van der Waals surface area (Å²) in [5, 5.41) is 4.60. The van der Waals surface area contributed by atoms with E-state index in [1.807, 2.05) is 35.7 Å². The summed E-state index contributed by atoms with van der Waals surface area (Å²) in [6.07, 6.45) is 3.57. The maximum absolute atomic E-state index is 12.2. The largest absolute Gasteiger partial charge is 0.372 e. The Labute approximate surface area is 158 Å². The van der Waals surface area contributed by atoms with Crippen LogP contribution < -0.4 is 14.5 Å². The highest BCUT2D eigenvalue weighted by atomic mass is 32.2. The van der Waals surface area contributed by atoms with Crippen LogP contribution >= 0.6 is 11.3 Å². The molecule has 1 amide bonds. The van der Waals surface area contributed by atoms with Crippen molar-refractivity contribution < 1.29 is 13.2 Å². The number of rotatable bonds is 7. The fourth-order valence-corrected chi connectivity index (χ4v) is 4.62. The van der Waals surface area contributed by atoms with Gasteiger partial charge in [-0.25, -0.2) is 8.42 Å². The molecule has 1 saturated heterocycles. The van der Waals surface area contributed by atoms with E-state index in [4.69, 9.17) is 0 Å². The first-order valence-electron chi connectivity index (χ1n) is 8.59. The highest BCUT2D eigenvalue weighted by Gasteiger charge is 2.19. The summed E-state index contributed by atoms with van der Waals surface area (Å²) < 4.78 is 25.7. The van der Waals surface area contributed by atoms with Gasteiger partial charge in [0.05, 0.1) is 23.4 Å². The summed E-state index contributed by atoms with van der Waals surface area (Å²) in [5.41, 5.74) is 1.73. The topological polar surface area (TPSA) is 69.7 Å². The van der Waals surface area contributed by atoms with Crippen molar-refractivity contribution in [2.45, 2.75) is 12.8 Å². The Kier molecular flexibility index (Phi) is 5.83. The number of carbonyl (C=O) groups is 1. The molecule has 0 atom stereocenters. The van der Waals surface area contributed by atoms with Gasteiger partial charge in [0.2, 0.25) is 10.0 Å². The number of anilines is 2. The molecular weight excluding hydrogens is 370 g/mol. The fourth-order valence-electron chi connectivity index (χ4n) is 3.06. The Morgan fingerprint density at radius 3 is 2.46 bits per heavy atom. The van der Waals surface area contributed by atoms with E-state index >= 15 is 0 Å². The third-order valence-electron chi connectivity index (χ3n) is 4.35. The normalized spacial score (nSPS) is 14.4. The molecule has 0 aliphatic carbocycles. The van der Waals surface area contributed by atoms with Crippen molar-refractivity contribution in [1.29, 1.82) is 0 Å². The maximum Gasteiger partial charge on any atom is 0.261 e. The van der Waals surface area contributed by atoms with Gasteiger partial charge in [0.15, 0.2) is 0 Å². The van der Waals surface area contributed by atoms with Gasteiger partial charge in [0, 0.05) is 25.3 Å². The van der Waals surface area contributed by atoms with Crippen LogP contribution in [0.25, 0.3) is 0 Å². The number of hydrogen-bond donors (Lipinski definition) is 1. The lowest BCUT2D eigenvalue weighted by molar-refractivity contribution is 0.0959. The van der Waals surface area contributed by atoms with Crippen molar-refractivity contribution in [3.63, 3.8) is 0 Å². The first-order chi connectivity index (χ1) is 12.4. The summed E-state index contributed by atoms with van der Waals surface area (Å²) in [6.45, 7) is 2.53. The minimum atomic E-state index is -3.43. The van der Waals surface area contributed by atoms with Gasteiger partial charge in [-0.2, -0.15) is 0 Å². The van der Waals surface area contributed by atoms with Gasteiger partial charge >= 0.3 is 0 Å². The van der Waals surface area contributed by atoms with E-state index in [2.05, 4.69) is 10.2 Å². The molecule has 1 N–H and O–H groups in total. The molecule has 0 spiro atoms. The molecule has 8 heteroatoms. The zero-order valence-corrected chi connectivity index (χ0v) is 16.4. The Bertz CT molecular complexity index is 827. The van der Waals surface area contributed by atoms with E-state index < -0.39 is 10.0 Å². The van der Waals surface area contributed by atoms with Crippen molar-refractivity contribution in [2.24, 2.45) is 0 Å². The van der Waals surface area contributed by atoms with Crippen molar-refractivity contribution in [3.8, 4) is 0 Å². The van der Waals surface area contributed by atoms with Crippen molar-refractivity contribution in [1.82, 2.24) is 5.32 Å². The molecule has 1 aromatic carbocycles. The Morgan fingerprint density at radius 1 is 1.19 bits per heavy atom. The zero-order valence-electron chi connectivity index (χ0n) is 14.7. The Hall–Kier alpha value is -2.06.